The molecule has 0 fully saturated rings. The van der Waals surface area contributed by atoms with Crippen molar-refractivity contribution in [3.8, 4) is 0 Å². The van der Waals surface area contributed by atoms with Crippen LogP contribution >= 0.6 is 0 Å². The molecule has 0 radical (unpaired) electrons. The molecular weight excluding hydrogens is 263 g/mol. The van der Waals surface area contributed by atoms with Crippen LogP contribution in [0, 0.1) is 5.92 Å². The maximum absolute atomic E-state index is 12.4. The fourth-order valence-electron chi connectivity index (χ4n) is 2.19. The molecule has 2 heteroatoms. The third-order valence-corrected chi connectivity index (χ3v) is 7.06. The van der Waals surface area contributed by atoms with Crippen molar-refractivity contribution in [1.29, 1.82) is 0 Å². The Kier molecular flexibility index (Phi) is 4.09. The van der Waals surface area contributed by atoms with Crippen LogP contribution in [-0.4, -0.2) is 13.8 Å². The third kappa shape index (κ3) is 2.69. The van der Waals surface area contributed by atoms with Gasteiger partial charge >= 0.3 is 102 Å². The monoisotopic (exact) mass is 282 g/mol. The van der Waals surface area contributed by atoms with Gasteiger partial charge in [0.15, 0.2) is 0 Å². The van der Waals surface area contributed by atoms with Crippen molar-refractivity contribution in [2.24, 2.45) is 5.92 Å². The summed E-state index contributed by atoms with van der Waals surface area (Å²) >= 11 is -1.87. The zero-order valence-corrected chi connectivity index (χ0v) is 11.3. The van der Waals surface area contributed by atoms with E-state index in [0.29, 0.717) is 10.7 Å². The van der Waals surface area contributed by atoms with Gasteiger partial charge in [-0.1, -0.05) is 0 Å². The van der Waals surface area contributed by atoms with Gasteiger partial charge in [-0.2, -0.15) is 0 Å². The summed E-state index contributed by atoms with van der Waals surface area (Å²) in [5.41, 5.74) is 0. The summed E-state index contributed by atoms with van der Waals surface area (Å²) in [6.07, 6.45) is 7.95. The van der Waals surface area contributed by atoms with Gasteiger partial charge in [0, 0.05) is 0 Å². The Hall–Kier alpha value is -0.721. The van der Waals surface area contributed by atoms with Crippen molar-refractivity contribution < 1.29 is 3.83 Å². The molecule has 0 N–H and O–H groups in total. The van der Waals surface area contributed by atoms with Crippen LogP contribution < -0.4 is 4.46 Å². The summed E-state index contributed by atoms with van der Waals surface area (Å²) in [7, 11) is 0. The number of hydrogen-bond acceptors (Lipinski definition) is 1. The van der Waals surface area contributed by atoms with E-state index < -0.39 is 13.8 Å². The van der Waals surface area contributed by atoms with Crippen LogP contribution in [0.15, 0.2) is 42.5 Å². The van der Waals surface area contributed by atoms with Crippen LogP contribution in [0.1, 0.15) is 26.2 Å². The van der Waals surface area contributed by atoms with Gasteiger partial charge in [0.1, 0.15) is 0 Å². The molecule has 1 aromatic carbocycles. The second-order valence-corrected chi connectivity index (χ2v) is 8.16. The normalized spacial score (nSPS) is 23.9. The van der Waals surface area contributed by atoms with Crippen molar-refractivity contribution in [3.63, 3.8) is 0 Å². The molecule has 0 aliphatic heterocycles. The third-order valence-electron chi connectivity index (χ3n) is 3.29. The van der Waals surface area contributed by atoms with Crippen LogP contribution in [0.4, 0.5) is 0 Å². The van der Waals surface area contributed by atoms with Gasteiger partial charge in [-0.05, 0) is 0 Å². The van der Waals surface area contributed by atoms with E-state index in [-0.39, 0.29) is 0 Å². The first-order chi connectivity index (χ1) is 7.79. The molecule has 3 atom stereocenters. The Balaban J connectivity index is 2.07. The summed E-state index contributed by atoms with van der Waals surface area (Å²) < 4.78 is 13.5. The topological polar surface area (TPSA) is 17.1 Å². The van der Waals surface area contributed by atoms with Gasteiger partial charge < -0.3 is 0 Å². The Morgan fingerprint density at radius 2 is 2.00 bits per heavy atom. The first-order valence-corrected chi connectivity index (χ1v) is 8.44. The fourth-order valence-corrected chi connectivity index (χ4v) is 5.23. The SMILES string of the molecule is CC(C1CC=CCC1)[Se](=O)c1ccccc1. The molecule has 0 aromatic heterocycles. The average molecular weight is 281 g/mol. The maximum atomic E-state index is 12.4. The van der Waals surface area contributed by atoms with E-state index in [1.165, 1.54) is 6.42 Å². The number of hydrogen-bond donors (Lipinski definition) is 0. The number of benzene rings is 1. The minimum atomic E-state index is -1.87. The Labute approximate surface area is 102 Å². The van der Waals surface area contributed by atoms with E-state index in [1.807, 2.05) is 30.3 Å². The van der Waals surface area contributed by atoms with Crippen molar-refractivity contribution in [2.75, 3.05) is 0 Å². The molecule has 1 nitrogen and oxygen atoms in total. The molecular formula is C14H18OSe. The first kappa shape index (κ1) is 11.8. The zero-order valence-electron chi connectivity index (χ0n) is 9.63. The van der Waals surface area contributed by atoms with E-state index in [9.17, 15) is 3.83 Å². The predicted molar refractivity (Wildman–Crippen MR) is 68.4 cm³/mol. The van der Waals surface area contributed by atoms with Gasteiger partial charge in [-0.15, -0.1) is 0 Å². The molecule has 86 valence electrons. The second kappa shape index (κ2) is 5.56. The molecule has 0 spiro atoms. The summed E-state index contributed by atoms with van der Waals surface area (Å²) in [5.74, 6) is 0.618. The molecule has 3 unspecified atom stereocenters. The van der Waals surface area contributed by atoms with E-state index in [4.69, 9.17) is 0 Å². The summed E-state index contributed by atoms with van der Waals surface area (Å²) in [4.78, 5) is 0.354. The van der Waals surface area contributed by atoms with Crippen LogP contribution in [0.3, 0.4) is 0 Å². The predicted octanol–water partition coefficient (Wildman–Crippen LogP) is 3.06. The Morgan fingerprint density at radius 3 is 2.62 bits per heavy atom. The molecule has 16 heavy (non-hydrogen) atoms. The van der Waals surface area contributed by atoms with Crippen LogP contribution in [0.5, 0.6) is 0 Å². The van der Waals surface area contributed by atoms with Gasteiger partial charge in [-0.3, -0.25) is 0 Å². The molecule has 0 amide bonds. The van der Waals surface area contributed by atoms with E-state index >= 15 is 0 Å². The van der Waals surface area contributed by atoms with Crippen molar-refractivity contribution in [2.45, 2.75) is 31.0 Å². The van der Waals surface area contributed by atoms with Crippen LogP contribution in [0.25, 0.3) is 0 Å². The summed E-state index contributed by atoms with van der Waals surface area (Å²) in [6, 6.07) is 9.96. The molecule has 0 saturated carbocycles. The van der Waals surface area contributed by atoms with Crippen LogP contribution in [-0.2, 0) is 3.83 Å². The standard InChI is InChI=1S/C14H18OSe/c1-12(13-8-4-2-5-9-13)16(15)14-10-6-3-7-11-14/h2-4,6-7,10-13H,5,8-9H2,1H3. The molecule has 2 rings (SSSR count). The van der Waals surface area contributed by atoms with E-state index in [2.05, 4.69) is 19.1 Å². The number of allylic oxidation sites excluding steroid dienone is 2. The minimum absolute atomic E-state index is 0.354. The fraction of sp³-hybridized carbons (Fsp3) is 0.429. The molecule has 1 aromatic rings. The Bertz CT molecular complexity index is 383. The van der Waals surface area contributed by atoms with Gasteiger partial charge in [0.2, 0.25) is 0 Å². The van der Waals surface area contributed by atoms with Crippen molar-refractivity contribution >= 4 is 18.3 Å². The number of rotatable bonds is 3. The van der Waals surface area contributed by atoms with Gasteiger partial charge in [-0.25, -0.2) is 0 Å². The second-order valence-electron chi connectivity index (χ2n) is 4.36. The van der Waals surface area contributed by atoms with E-state index in [1.54, 1.807) is 0 Å². The van der Waals surface area contributed by atoms with Crippen molar-refractivity contribution in [3.05, 3.63) is 42.5 Å². The summed E-state index contributed by atoms with van der Waals surface area (Å²) in [6.45, 7) is 2.16. The average Bonchev–Trinajstić information content (AvgIpc) is 2.39. The molecule has 1 aliphatic carbocycles. The molecule has 0 saturated heterocycles. The quantitative estimate of drug-likeness (QED) is 0.614. The summed E-state index contributed by atoms with van der Waals surface area (Å²) in [5, 5.41) is 0. The van der Waals surface area contributed by atoms with Gasteiger partial charge in [0.25, 0.3) is 0 Å². The van der Waals surface area contributed by atoms with Crippen LogP contribution in [0.2, 0.25) is 4.82 Å². The van der Waals surface area contributed by atoms with E-state index in [0.717, 1.165) is 17.3 Å². The van der Waals surface area contributed by atoms with Crippen molar-refractivity contribution in [1.82, 2.24) is 0 Å². The Morgan fingerprint density at radius 1 is 1.25 bits per heavy atom. The molecule has 1 aliphatic rings. The zero-order chi connectivity index (χ0) is 11.4. The molecule has 0 heterocycles. The first-order valence-electron chi connectivity index (χ1n) is 5.89. The van der Waals surface area contributed by atoms with Gasteiger partial charge in [0.05, 0.1) is 0 Å². The molecule has 0 bridgehead atoms.